The second-order valence-corrected chi connectivity index (χ2v) is 8.31. The number of methoxy groups -OCH3 is 3. The largest absolute Gasteiger partial charge is 0.501 e. The Labute approximate surface area is 194 Å². The van der Waals surface area contributed by atoms with E-state index in [0.29, 0.717) is 11.5 Å². The second kappa shape index (κ2) is 13.5. The summed E-state index contributed by atoms with van der Waals surface area (Å²) in [5.41, 5.74) is 1.44. The predicted octanol–water partition coefficient (Wildman–Crippen LogP) is 5.33. The van der Waals surface area contributed by atoms with Crippen molar-refractivity contribution in [2.45, 2.75) is 45.4 Å². The Hall–Kier alpha value is -2.89. The van der Waals surface area contributed by atoms with Gasteiger partial charge in [-0.25, -0.2) is 0 Å². The topological polar surface area (TPSA) is 54.7 Å². The monoisotopic (exact) mass is 438 g/mol. The highest BCUT2D eigenvalue weighted by atomic mass is 16.5. The van der Waals surface area contributed by atoms with Crippen molar-refractivity contribution in [3.8, 4) is 29.9 Å². The molecule has 0 bridgehead atoms. The molecular weight excluding hydrogens is 400 g/mol. The number of ether oxygens (including phenoxy) is 3. The van der Waals surface area contributed by atoms with Gasteiger partial charge in [0, 0.05) is 6.54 Å². The van der Waals surface area contributed by atoms with Crippen LogP contribution < -0.4 is 9.47 Å². The number of terminal acetylenes is 1. The van der Waals surface area contributed by atoms with E-state index in [0.717, 1.165) is 49.2 Å². The summed E-state index contributed by atoms with van der Waals surface area (Å²) >= 11 is 0. The first-order valence-electron chi connectivity index (χ1n) is 11.0. The lowest BCUT2D eigenvalue weighted by molar-refractivity contribution is 0.289. The van der Waals surface area contributed by atoms with Crippen LogP contribution in [0.1, 0.15) is 45.6 Å². The van der Waals surface area contributed by atoms with Crippen molar-refractivity contribution in [3.63, 3.8) is 0 Å². The minimum atomic E-state index is -0.590. The van der Waals surface area contributed by atoms with E-state index in [4.69, 9.17) is 20.6 Å². The lowest BCUT2D eigenvalue weighted by atomic mass is 9.69. The standard InChI is InChI=1S/C27H38N2O3/c1-9-11-23(18-22(4)30-6)14-17-29(5)16-10-15-27(20-28,21(2)3)24-12-13-25(31-7)26(19-24)32-8/h1,11-13,18-19,21H,10,14-17H2,2-8H3/b22-18+,23-11-. The lowest BCUT2D eigenvalue weighted by Crippen LogP contribution is -2.32. The van der Waals surface area contributed by atoms with Crippen LogP contribution in [-0.2, 0) is 10.2 Å². The van der Waals surface area contributed by atoms with Gasteiger partial charge in [0.25, 0.3) is 0 Å². The molecule has 0 radical (unpaired) electrons. The summed E-state index contributed by atoms with van der Waals surface area (Å²) < 4.78 is 16.1. The average molecular weight is 439 g/mol. The fourth-order valence-corrected chi connectivity index (χ4v) is 3.80. The fourth-order valence-electron chi connectivity index (χ4n) is 3.80. The Morgan fingerprint density at radius 1 is 1.19 bits per heavy atom. The zero-order valence-corrected chi connectivity index (χ0v) is 20.7. The van der Waals surface area contributed by atoms with Gasteiger partial charge >= 0.3 is 0 Å². The molecule has 1 unspecified atom stereocenters. The van der Waals surface area contributed by atoms with Gasteiger partial charge < -0.3 is 19.1 Å². The quantitative estimate of drug-likeness (QED) is 0.237. The summed E-state index contributed by atoms with van der Waals surface area (Å²) in [5, 5.41) is 10.2. The highest BCUT2D eigenvalue weighted by Gasteiger charge is 2.36. The zero-order valence-electron chi connectivity index (χ0n) is 20.7. The Bertz CT molecular complexity index is 874. The molecule has 32 heavy (non-hydrogen) atoms. The van der Waals surface area contributed by atoms with E-state index in [1.165, 1.54) is 0 Å². The van der Waals surface area contributed by atoms with Crippen LogP contribution in [-0.4, -0.2) is 46.4 Å². The summed E-state index contributed by atoms with van der Waals surface area (Å²) in [6.45, 7) is 7.88. The van der Waals surface area contributed by atoms with Crippen molar-refractivity contribution >= 4 is 0 Å². The molecule has 174 valence electrons. The minimum absolute atomic E-state index is 0.156. The molecular formula is C27H38N2O3. The van der Waals surface area contributed by atoms with Crippen molar-refractivity contribution in [1.82, 2.24) is 4.90 Å². The maximum absolute atomic E-state index is 10.2. The van der Waals surface area contributed by atoms with E-state index < -0.39 is 5.41 Å². The zero-order chi connectivity index (χ0) is 24.1. The first-order chi connectivity index (χ1) is 15.3. The molecule has 0 fully saturated rings. The Morgan fingerprint density at radius 2 is 1.88 bits per heavy atom. The van der Waals surface area contributed by atoms with Crippen molar-refractivity contribution in [2.24, 2.45) is 5.92 Å². The Kier molecular flexibility index (Phi) is 11.5. The van der Waals surface area contributed by atoms with Crippen LogP contribution >= 0.6 is 0 Å². The normalized spacial score (nSPS) is 14.0. The molecule has 1 rings (SSSR count). The molecule has 0 heterocycles. The lowest BCUT2D eigenvalue weighted by Gasteiger charge is -2.32. The molecule has 0 saturated heterocycles. The molecule has 0 N–H and O–H groups in total. The number of nitrogens with zero attached hydrogens (tertiary/aromatic N) is 2. The summed E-state index contributed by atoms with van der Waals surface area (Å²) in [6, 6.07) is 8.42. The minimum Gasteiger partial charge on any atom is -0.501 e. The van der Waals surface area contributed by atoms with E-state index in [9.17, 15) is 5.26 Å². The van der Waals surface area contributed by atoms with Gasteiger partial charge in [-0.15, -0.1) is 6.42 Å². The van der Waals surface area contributed by atoms with Crippen molar-refractivity contribution in [3.05, 3.63) is 47.2 Å². The van der Waals surface area contributed by atoms with Crippen molar-refractivity contribution < 1.29 is 14.2 Å². The van der Waals surface area contributed by atoms with Crippen molar-refractivity contribution in [1.29, 1.82) is 5.26 Å². The fraction of sp³-hybridized carbons (Fsp3) is 0.519. The Morgan fingerprint density at radius 3 is 2.41 bits per heavy atom. The average Bonchev–Trinajstić information content (AvgIpc) is 2.79. The van der Waals surface area contributed by atoms with E-state index in [1.807, 2.05) is 31.2 Å². The van der Waals surface area contributed by atoms with Gasteiger partial charge in [-0.05, 0) is 81.1 Å². The molecule has 5 heteroatoms. The van der Waals surface area contributed by atoms with E-state index in [2.05, 4.69) is 37.8 Å². The number of allylic oxidation sites excluding steroid dienone is 3. The van der Waals surface area contributed by atoms with Crippen LogP contribution in [0.4, 0.5) is 0 Å². The van der Waals surface area contributed by atoms with Crippen molar-refractivity contribution in [2.75, 3.05) is 41.5 Å². The van der Waals surface area contributed by atoms with Crippen LogP contribution in [0, 0.1) is 29.6 Å². The third-order valence-electron chi connectivity index (χ3n) is 5.96. The van der Waals surface area contributed by atoms with Gasteiger partial charge in [-0.2, -0.15) is 5.26 Å². The summed E-state index contributed by atoms with van der Waals surface area (Å²) in [4.78, 5) is 2.28. The third kappa shape index (κ3) is 7.36. The van der Waals surface area contributed by atoms with E-state index >= 15 is 0 Å². The van der Waals surface area contributed by atoms with Gasteiger partial charge in [-0.3, -0.25) is 0 Å². The molecule has 0 spiro atoms. The number of benzene rings is 1. The molecule has 0 aliphatic carbocycles. The number of rotatable bonds is 13. The number of hydrogen-bond acceptors (Lipinski definition) is 5. The molecule has 1 aromatic rings. The third-order valence-corrected chi connectivity index (χ3v) is 5.96. The molecule has 0 aromatic heterocycles. The van der Waals surface area contributed by atoms with Gasteiger partial charge in [0.1, 0.15) is 0 Å². The highest BCUT2D eigenvalue weighted by molar-refractivity contribution is 5.47. The smallest absolute Gasteiger partial charge is 0.161 e. The van der Waals surface area contributed by atoms with Gasteiger partial charge in [0.15, 0.2) is 11.5 Å². The molecule has 0 saturated carbocycles. The molecule has 5 nitrogen and oxygen atoms in total. The second-order valence-electron chi connectivity index (χ2n) is 8.31. The molecule has 1 aromatic carbocycles. The van der Waals surface area contributed by atoms with E-state index in [-0.39, 0.29) is 5.92 Å². The van der Waals surface area contributed by atoms with Crippen LogP contribution in [0.5, 0.6) is 11.5 Å². The van der Waals surface area contributed by atoms with E-state index in [1.54, 1.807) is 27.4 Å². The van der Waals surface area contributed by atoms with Crippen LogP contribution in [0.2, 0.25) is 0 Å². The van der Waals surface area contributed by atoms with Gasteiger partial charge in [0.2, 0.25) is 0 Å². The number of hydrogen-bond donors (Lipinski definition) is 0. The Balaban J connectivity index is 2.86. The number of nitriles is 1. The van der Waals surface area contributed by atoms with Crippen LogP contribution in [0.25, 0.3) is 0 Å². The first-order valence-corrected chi connectivity index (χ1v) is 11.0. The maximum atomic E-state index is 10.2. The maximum Gasteiger partial charge on any atom is 0.161 e. The van der Waals surface area contributed by atoms with Gasteiger partial charge in [0.05, 0.1) is 38.6 Å². The predicted molar refractivity (Wildman–Crippen MR) is 131 cm³/mol. The highest BCUT2D eigenvalue weighted by Crippen LogP contribution is 2.40. The first kappa shape index (κ1) is 27.1. The molecule has 0 aliphatic rings. The molecule has 0 amide bonds. The molecule has 1 atom stereocenters. The van der Waals surface area contributed by atoms with Crippen LogP contribution in [0.3, 0.4) is 0 Å². The van der Waals surface area contributed by atoms with Crippen LogP contribution in [0.15, 0.2) is 41.7 Å². The van der Waals surface area contributed by atoms with Gasteiger partial charge in [-0.1, -0.05) is 25.8 Å². The SMILES string of the molecule is C#C/C=C(\C=C(/C)OC)CCN(C)CCCC(C#N)(c1ccc(OC)c(OC)c1)C(C)C. The molecule has 0 aliphatic heterocycles. The summed E-state index contributed by atoms with van der Waals surface area (Å²) in [5.74, 6) is 4.91. The summed E-state index contributed by atoms with van der Waals surface area (Å²) in [7, 11) is 6.98. The summed E-state index contributed by atoms with van der Waals surface area (Å²) in [6.07, 6.45) is 11.7.